The van der Waals surface area contributed by atoms with Crippen LogP contribution in [0.5, 0.6) is 0 Å². The van der Waals surface area contributed by atoms with Gasteiger partial charge in [0, 0.05) is 6.54 Å². The van der Waals surface area contributed by atoms with Crippen molar-refractivity contribution in [1.29, 1.82) is 5.26 Å². The Balaban J connectivity index is 3.63. The molecular formula is C5H7BrN2O. The normalized spacial score (nSPS) is 11.7. The molecular weight excluding hydrogens is 184 g/mol. The van der Waals surface area contributed by atoms with Crippen LogP contribution in [0, 0.1) is 11.3 Å². The third-order valence-electron chi connectivity index (χ3n) is 0.695. The summed E-state index contributed by atoms with van der Waals surface area (Å²) in [7, 11) is 0. The lowest BCUT2D eigenvalue weighted by molar-refractivity contribution is -0.119. The Kier molecular flexibility index (Phi) is 4.06. The Labute approximate surface area is 62.2 Å². The molecule has 0 radical (unpaired) electrons. The summed E-state index contributed by atoms with van der Waals surface area (Å²) in [6, 6.07) is 1.75. The highest BCUT2D eigenvalue weighted by molar-refractivity contribution is 9.10. The van der Waals surface area contributed by atoms with Gasteiger partial charge in [-0.3, -0.25) is 4.79 Å². The molecule has 0 aromatic heterocycles. The minimum Gasteiger partial charge on any atom is -0.354 e. The summed E-state index contributed by atoms with van der Waals surface area (Å²) in [6.07, 6.45) is 0. The second-order valence-corrected chi connectivity index (χ2v) is 2.30. The van der Waals surface area contributed by atoms with Crippen molar-refractivity contribution in [2.24, 2.45) is 0 Å². The molecule has 0 heterocycles. The fourth-order valence-electron chi connectivity index (χ4n) is 0.322. The van der Waals surface area contributed by atoms with Crippen LogP contribution in [0.2, 0.25) is 0 Å². The molecule has 3 nitrogen and oxygen atoms in total. The SMILES string of the molecule is CCNC(=O)C(Br)C#N. The van der Waals surface area contributed by atoms with E-state index in [1.54, 1.807) is 13.0 Å². The van der Waals surface area contributed by atoms with Crippen LogP contribution in [0.4, 0.5) is 0 Å². The van der Waals surface area contributed by atoms with Crippen LogP contribution < -0.4 is 5.32 Å². The van der Waals surface area contributed by atoms with Gasteiger partial charge in [-0.1, -0.05) is 15.9 Å². The van der Waals surface area contributed by atoms with Gasteiger partial charge in [-0.05, 0) is 6.92 Å². The molecule has 1 atom stereocenters. The summed E-state index contributed by atoms with van der Waals surface area (Å²) in [5, 5.41) is 10.7. The summed E-state index contributed by atoms with van der Waals surface area (Å²) >= 11 is 2.87. The van der Waals surface area contributed by atoms with E-state index in [1.807, 2.05) is 0 Å². The summed E-state index contributed by atoms with van der Waals surface area (Å²) in [5.74, 6) is -0.278. The molecule has 0 bridgehead atoms. The molecule has 50 valence electrons. The third kappa shape index (κ3) is 3.09. The van der Waals surface area contributed by atoms with Gasteiger partial charge in [-0.2, -0.15) is 5.26 Å². The number of halogens is 1. The Hall–Kier alpha value is -0.560. The monoisotopic (exact) mass is 190 g/mol. The number of nitriles is 1. The maximum absolute atomic E-state index is 10.6. The minimum atomic E-state index is -0.711. The zero-order valence-electron chi connectivity index (χ0n) is 5.02. The van der Waals surface area contributed by atoms with Crippen LogP contribution in [0.3, 0.4) is 0 Å². The summed E-state index contributed by atoms with van der Waals surface area (Å²) < 4.78 is 0. The second-order valence-electron chi connectivity index (χ2n) is 1.39. The van der Waals surface area contributed by atoms with Crippen molar-refractivity contribution in [1.82, 2.24) is 5.32 Å². The van der Waals surface area contributed by atoms with Crippen molar-refractivity contribution < 1.29 is 4.79 Å². The van der Waals surface area contributed by atoms with Crippen LogP contribution in [-0.2, 0) is 4.79 Å². The van der Waals surface area contributed by atoms with Crippen LogP contribution in [-0.4, -0.2) is 17.3 Å². The number of hydrogen-bond acceptors (Lipinski definition) is 2. The van der Waals surface area contributed by atoms with E-state index in [9.17, 15) is 4.79 Å². The molecule has 1 unspecified atom stereocenters. The molecule has 0 saturated heterocycles. The third-order valence-corrected chi connectivity index (χ3v) is 1.32. The highest BCUT2D eigenvalue weighted by Crippen LogP contribution is 1.95. The Morgan fingerprint density at radius 1 is 2.00 bits per heavy atom. The average Bonchev–Trinajstić information content (AvgIpc) is 1.87. The molecule has 0 aliphatic carbocycles. The molecule has 0 aliphatic heterocycles. The number of carbonyl (C=O) groups is 1. The number of amides is 1. The highest BCUT2D eigenvalue weighted by atomic mass is 79.9. The van der Waals surface area contributed by atoms with E-state index in [0.29, 0.717) is 6.54 Å². The van der Waals surface area contributed by atoms with Gasteiger partial charge in [-0.25, -0.2) is 0 Å². The first-order valence-electron chi connectivity index (χ1n) is 2.53. The van der Waals surface area contributed by atoms with Crippen LogP contribution >= 0.6 is 15.9 Å². The van der Waals surface area contributed by atoms with Crippen LogP contribution in [0.25, 0.3) is 0 Å². The number of alkyl halides is 1. The Morgan fingerprint density at radius 2 is 2.56 bits per heavy atom. The number of rotatable bonds is 2. The van der Waals surface area contributed by atoms with Gasteiger partial charge >= 0.3 is 0 Å². The maximum Gasteiger partial charge on any atom is 0.248 e. The molecule has 0 aromatic rings. The van der Waals surface area contributed by atoms with E-state index in [4.69, 9.17) is 5.26 Å². The first kappa shape index (κ1) is 8.44. The van der Waals surface area contributed by atoms with E-state index in [1.165, 1.54) is 0 Å². The van der Waals surface area contributed by atoms with Gasteiger partial charge < -0.3 is 5.32 Å². The topological polar surface area (TPSA) is 52.9 Å². The van der Waals surface area contributed by atoms with Gasteiger partial charge in [0.1, 0.15) is 0 Å². The Morgan fingerprint density at radius 3 is 2.89 bits per heavy atom. The van der Waals surface area contributed by atoms with E-state index >= 15 is 0 Å². The zero-order chi connectivity index (χ0) is 7.28. The molecule has 0 aromatic carbocycles. The molecule has 1 amide bonds. The molecule has 0 fully saturated rings. The molecule has 0 aliphatic rings. The van der Waals surface area contributed by atoms with Gasteiger partial charge in [0.05, 0.1) is 6.07 Å². The quantitative estimate of drug-likeness (QED) is 0.642. The second kappa shape index (κ2) is 4.33. The lowest BCUT2D eigenvalue weighted by Crippen LogP contribution is -2.29. The van der Waals surface area contributed by atoms with Crippen molar-refractivity contribution in [3.8, 4) is 6.07 Å². The van der Waals surface area contributed by atoms with Gasteiger partial charge in [-0.15, -0.1) is 0 Å². The minimum absolute atomic E-state index is 0.278. The van der Waals surface area contributed by atoms with Crippen LogP contribution in [0.15, 0.2) is 0 Å². The first-order valence-corrected chi connectivity index (χ1v) is 3.45. The van der Waals surface area contributed by atoms with Gasteiger partial charge in [0.25, 0.3) is 0 Å². The van der Waals surface area contributed by atoms with Crippen molar-refractivity contribution in [3.05, 3.63) is 0 Å². The van der Waals surface area contributed by atoms with E-state index in [0.717, 1.165) is 0 Å². The molecule has 1 N–H and O–H groups in total. The standard InChI is InChI=1S/C5H7BrN2O/c1-2-8-5(9)4(6)3-7/h4H,2H2,1H3,(H,8,9). The predicted octanol–water partition coefficient (Wildman–Crippen LogP) is 0.410. The molecule has 0 spiro atoms. The lowest BCUT2D eigenvalue weighted by Gasteiger charge is -1.98. The Bertz CT molecular complexity index is 140. The van der Waals surface area contributed by atoms with E-state index < -0.39 is 4.83 Å². The van der Waals surface area contributed by atoms with Crippen LogP contribution in [0.1, 0.15) is 6.92 Å². The fraction of sp³-hybridized carbons (Fsp3) is 0.600. The van der Waals surface area contributed by atoms with Gasteiger partial charge in [0.2, 0.25) is 5.91 Å². The smallest absolute Gasteiger partial charge is 0.248 e. The molecule has 0 saturated carbocycles. The number of nitrogens with zero attached hydrogens (tertiary/aromatic N) is 1. The highest BCUT2D eigenvalue weighted by Gasteiger charge is 2.10. The van der Waals surface area contributed by atoms with Gasteiger partial charge in [0.15, 0.2) is 4.83 Å². The van der Waals surface area contributed by atoms with E-state index in [2.05, 4.69) is 21.2 Å². The molecule has 4 heteroatoms. The molecule has 9 heavy (non-hydrogen) atoms. The predicted molar refractivity (Wildman–Crippen MR) is 37.0 cm³/mol. The largest absolute Gasteiger partial charge is 0.354 e. The van der Waals surface area contributed by atoms with Crippen molar-refractivity contribution in [2.75, 3.05) is 6.54 Å². The summed E-state index contributed by atoms with van der Waals surface area (Å²) in [4.78, 5) is 9.88. The average molecular weight is 191 g/mol. The summed E-state index contributed by atoms with van der Waals surface area (Å²) in [6.45, 7) is 2.36. The lowest BCUT2D eigenvalue weighted by atomic mass is 10.4. The zero-order valence-corrected chi connectivity index (χ0v) is 6.60. The number of nitrogens with one attached hydrogen (secondary N) is 1. The van der Waals surface area contributed by atoms with E-state index in [-0.39, 0.29) is 5.91 Å². The first-order chi connectivity index (χ1) is 4.22. The number of hydrogen-bond donors (Lipinski definition) is 1. The number of carbonyl (C=O) groups excluding carboxylic acids is 1. The maximum atomic E-state index is 10.6. The van der Waals surface area contributed by atoms with Crippen molar-refractivity contribution in [2.45, 2.75) is 11.8 Å². The molecule has 0 rings (SSSR count). The summed E-state index contributed by atoms with van der Waals surface area (Å²) in [5.41, 5.74) is 0. The fourth-order valence-corrected chi connectivity index (χ4v) is 0.484. The van der Waals surface area contributed by atoms with Crippen molar-refractivity contribution >= 4 is 21.8 Å². The van der Waals surface area contributed by atoms with Crippen molar-refractivity contribution in [3.63, 3.8) is 0 Å².